The zero-order valence-corrected chi connectivity index (χ0v) is 12.5. The molecule has 3 nitrogen and oxygen atoms in total. The maximum Gasteiger partial charge on any atom is 0.0702 e. The summed E-state index contributed by atoms with van der Waals surface area (Å²) in [6.07, 6.45) is 4.41. The topological polar surface area (TPSA) is 42.1 Å². The van der Waals surface area contributed by atoms with Gasteiger partial charge in [-0.25, -0.2) is 0 Å². The van der Waals surface area contributed by atoms with Gasteiger partial charge >= 0.3 is 0 Å². The van der Waals surface area contributed by atoms with Crippen LogP contribution >= 0.6 is 12.4 Å². The van der Waals surface area contributed by atoms with Gasteiger partial charge in [-0.3, -0.25) is 9.88 Å². The van der Waals surface area contributed by atoms with Crippen LogP contribution in [-0.4, -0.2) is 29.5 Å². The summed E-state index contributed by atoms with van der Waals surface area (Å²) in [7, 11) is 0. The van der Waals surface area contributed by atoms with Gasteiger partial charge in [0.1, 0.15) is 0 Å². The summed E-state index contributed by atoms with van der Waals surface area (Å²) in [5, 5.41) is 1.23. The van der Waals surface area contributed by atoms with Gasteiger partial charge in [-0.15, -0.1) is 12.4 Å². The highest BCUT2D eigenvalue weighted by Gasteiger charge is 2.18. The molecular formula is C16H22ClN3. The minimum Gasteiger partial charge on any atom is -0.330 e. The molecule has 1 aliphatic rings. The van der Waals surface area contributed by atoms with Gasteiger partial charge in [0, 0.05) is 24.7 Å². The Kier molecular flexibility index (Phi) is 5.35. The van der Waals surface area contributed by atoms with Crippen molar-refractivity contribution in [1.82, 2.24) is 9.88 Å². The van der Waals surface area contributed by atoms with E-state index in [-0.39, 0.29) is 12.4 Å². The Morgan fingerprint density at radius 3 is 3.05 bits per heavy atom. The highest BCUT2D eigenvalue weighted by Crippen LogP contribution is 2.19. The number of rotatable bonds is 3. The Morgan fingerprint density at radius 2 is 2.20 bits per heavy atom. The van der Waals surface area contributed by atoms with Crippen LogP contribution in [0.3, 0.4) is 0 Å². The predicted molar refractivity (Wildman–Crippen MR) is 86.0 cm³/mol. The summed E-state index contributed by atoms with van der Waals surface area (Å²) in [4.78, 5) is 6.89. The van der Waals surface area contributed by atoms with E-state index in [1.165, 1.54) is 30.3 Å². The molecule has 0 aliphatic carbocycles. The van der Waals surface area contributed by atoms with E-state index in [1.807, 2.05) is 12.3 Å². The van der Waals surface area contributed by atoms with E-state index in [2.05, 4.69) is 34.1 Å². The van der Waals surface area contributed by atoms with Crippen LogP contribution in [0.15, 0.2) is 36.5 Å². The van der Waals surface area contributed by atoms with Crippen molar-refractivity contribution in [3.8, 4) is 0 Å². The molecule has 2 N–H and O–H groups in total. The fourth-order valence-corrected chi connectivity index (χ4v) is 2.97. The quantitative estimate of drug-likeness (QED) is 0.945. The summed E-state index contributed by atoms with van der Waals surface area (Å²) in [6.45, 7) is 4.18. The maximum absolute atomic E-state index is 5.80. The molecule has 0 saturated carbocycles. The second-order valence-electron chi connectivity index (χ2n) is 5.51. The SMILES string of the molecule is Cl.NCC1CCCN(Cc2ccc3ncccc3c2)C1. The Hall–Kier alpha value is -1.16. The number of hydrogen-bond acceptors (Lipinski definition) is 3. The van der Waals surface area contributed by atoms with Crippen molar-refractivity contribution in [1.29, 1.82) is 0 Å². The Morgan fingerprint density at radius 1 is 1.30 bits per heavy atom. The van der Waals surface area contributed by atoms with Gasteiger partial charge in [0.05, 0.1) is 5.52 Å². The third kappa shape index (κ3) is 3.48. The summed E-state index contributed by atoms with van der Waals surface area (Å²) in [6, 6.07) is 10.7. The molecule has 0 amide bonds. The largest absolute Gasteiger partial charge is 0.330 e. The van der Waals surface area contributed by atoms with Crippen LogP contribution in [0, 0.1) is 5.92 Å². The fraction of sp³-hybridized carbons (Fsp3) is 0.438. The monoisotopic (exact) mass is 291 g/mol. The summed E-state index contributed by atoms with van der Waals surface area (Å²) in [5.74, 6) is 0.677. The van der Waals surface area contributed by atoms with Gasteiger partial charge < -0.3 is 5.73 Å². The van der Waals surface area contributed by atoms with E-state index in [0.29, 0.717) is 5.92 Å². The van der Waals surface area contributed by atoms with Crippen molar-refractivity contribution < 1.29 is 0 Å². The number of benzene rings is 1. The van der Waals surface area contributed by atoms with E-state index < -0.39 is 0 Å². The maximum atomic E-state index is 5.80. The van der Waals surface area contributed by atoms with Crippen molar-refractivity contribution >= 4 is 23.3 Å². The standard InChI is InChI=1S/C16H21N3.ClH/c17-10-14-3-2-8-19(12-14)11-13-5-6-16-15(9-13)4-1-7-18-16;/h1,4-7,9,14H,2-3,8,10-12,17H2;1H. The molecule has 1 aromatic carbocycles. The zero-order valence-electron chi connectivity index (χ0n) is 11.7. The molecule has 1 aliphatic heterocycles. The number of piperidine rings is 1. The Labute approximate surface area is 126 Å². The highest BCUT2D eigenvalue weighted by atomic mass is 35.5. The van der Waals surface area contributed by atoms with E-state index in [1.54, 1.807) is 0 Å². The lowest BCUT2D eigenvalue weighted by Crippen LogP contribution is -2.37. The van der Waals surface area contributed by atoms with Crippen LogP contribution in [0.25, 0.3) is 10.9 Å². The molecule has 0 bridgehead atoms. The minimum atomic E-state index is 0. The fourth-order valence-electron chi connectivity index (χ4n) is 2.97. The average molecular weight is 292 g/mol. The van der Waals surface area contributed by atoms with Crippen LogP contribution in [-0.2, 0) is 6.54 Å². The number of nitrogens with two attached hydrogens (primary N) is 1. The second-order valence-corrected chi connectivity index (χ2v) is 5.51. The Bertz CT molecular complexity index is 558. The average Bonchev–Trinajstić information content (AvgIpc) is 2.47. The summed E-state index contributed by atoms with van der Waals surface area (Å²) >= 11 is 0. The summed E-state index contributed by atoms with van der Waals surface area (Å²) in [5.41, 5.74) is 8.25. The van der Waals surface area contributed by atoms with Gasteiger partial charge in [-0.05, 0) is 55.6 Å². The third-order valence-corrected chi connectivity index (χ3v) is 4.01. The molecule has 1 fully saturated rings. The lowest BCUT2D eigenvalue weighted by molar-refractivity contribution is 0.171. The van der Waals surface area contributed by atoms with E-state index >= 15 is 0 Å². The molecule has 20 heavy (non-hydrogen) atoms. The molecule has 0 radical (unpaired) electrons. The lowest BCUT2D eigenvalue weighted by Gasteiger charge is -2.32. The zero-order chi connectivity index (χ0) is 13.1. The van der Waals surface area contributed by atoms with Gasteiger partial charge in [0.15, 0.2) is 0 Å². The highest BCUT2D eigenvalue weighted by molar-refractivity contribution is 5.85. The number of aromatic nitrogens is 1. The summed E-state index contributed by atoms with van der Waals surface area (Å²) < 4.78 is 0. The third-order valence-electron chi connectivity index (χ3n) is 4.01. The van der Waals surface area contributed by atoms with Gasteiger partial charge in [-0.1, -0.05) is 12.1 Å². The number of fused-ring (bicyclic) bond motifs is 1. The van der Waals surface area contributed by atoms with Gasteiger partial charge in [0.25, 0.3) is 0 Å². The molecule has 4 heteroatoms. The minimum absolute atomic E-state index is 0. The Balaban J connectivity index is 0.00000147. The number of hydrogen-bond donors (Lipinski definition) is 1. The van der Waals surface area contributed by atoms with Crippen LogP contribution in [0.4, 0.5) is 0 Å². The van der Waals surface area contributed by atoms with E-state index in [4.69, 9.17) is 5.73 Å². The van der Waals surface area contributed by atoms with Crippen molar-refractivity contribution in [3.05, 3.63) is 42.1 Å². The van der Waals surface area contributed by atoms with Gasteiger partial charge in [0.2, 0.25) is 0 Å². The number of nitrogens with zero attached hydrogens (tertiary/aromatic N) is 2. The lowest BCUT2D eigenvalue weighted by atomic mass is 9.98. The van der Waals surface area contributed by atoms with Crippen LogP contribution in [0.2, 0.25) is 0 Å². The molecule has 1 saturated heterocycles. The molecule has 1 unspecified atom stereocenters. The molecule has 1 aromatic heterocycles. The molecule has 2 heterocycles. The van der Waals surface area contributed by atoms with Crippen molar-refractivity contribution in [3.63, 3.8) is 0 Å². The van der Waals surface area contributed by atoms with Crippen LogP contribution in [0.5, 0.6) is 0 Å². The molecule has 2 aromatic rings. The number of pyridine rings is 1. The van der Waals surface area contributed by atoms with Crippen molar-refractivity contribution in [2.24, 2.45) is 11.7 Å². The van der Waals surface area contributed by atoms with E-state index in [0.717, 1.165) is 25.2 Å². The first-order valence-corrected chi connectivity index (χ1v) is 7.11. The molecule has 1 atom stereocenters. The first kappa shape index (κ1) is 15.2. The number of likely N-dealkylation sites (tertiary alicyclic amines) is 1. The normalized spacial score (nSPS) is 19.8. The molecule has 3 rings (SSSR count). The van der Waals surface area contributed by atoms with E-state index in [9.17, 15) is 0 Å². The van der Waals surface area contributed by atoms with Crippen molar-refractivity contribution in [2.45, 2.75) is 19.4 Å². The van der Waals surface area contributed by atoms with Crippen molar-refractivity contribution in [2.75, 3.05) is 19.6 Å². The van der Waals surface area contributed by atoms with Crippen LogP contribution < -0.4 is 5.73 Å². The van der Waals surface area contributed by atoms with Crippen LogP contribution in [0.1, 0.15) is 18.4 Å². The predicted octanol–water partition coefficient (Wildman–Crippen LogP) is 2.83. The first-order chi connectivity index (χ1) is 9.35. The molecular weight excluding hydrogens is 270 g/mol. The van der Waals surface area contributed by atoms with Gasteiger partial charge in [-0.2, -0.15) is 0 Å². The smallest absolute Gasteiger partial charge is 0.0702 e. The second kappa shape index (κ2) is 7.02. The molecule has 0 spiro atoms. The number of halogens is 1. The first-order valence-electron chi connectivity index (χ1n) is 7.11. The molecule has 108 valence electrons.